The molecule has 1 unspecified atom stereocenters. The van der Waals surface area contributed by atoms with Gasteiger partial charge >= 0.3 is 0 Å². The zero-order valence-electron chi connectivity index (χ0n) is 15.5. The number of carbonyl (C=O) groups excluding carboxylic acids is 1. The van der Waals surface area contributed by atoms with Crippen LogP contribution in [0.4, 0.5) is 5.82 Å². The SMILES string of the molecule is CCC(CNc1ccc(Cl)cn1)N(C)C(=O)c1cc(Cl)ccc1-n1nccn1. The fraction of sp³-hybridized carbons (Fsp3) is 0.263. The summed E-state index contributed by atoms with van der Waals surface area (Å²) in [4.78, 5) is 20.5. The van der Waals surface area contributed by atoms with E-state index in [1.54, 1.807) is 60.9 Å². The monoisotopic (exact) mass is 418 g/mol. The third-order valence-corrected chi connectivity index (χ3v) is 4.87. The maximum atomic E-state index is 13.2. The standard InChI is InChI=1S/C19H20Cl2N6O/c1-3-15(12-23-18-7-5-14(21)11-22-18)26(2)19(28)16-10-13(20)4-6-17(16)27-24-8-9-25-27/h4-11,15H,3,12H2,1-2H3,(H,22,23). The van der Waals surface area contributed by atoms with Gasteiger partial charge in [0, 0.05) is 30.9 Å². The molecule has 0 fully saturated rings. The van der Waals surface area contributed by atoms with Crippen LogP contribution in [-0.4, -0.2) is 50.4 Å². The molecule has 1 aromatic carbocycles. The highest BCUT2D eigenvalue weighted by Gasteiger charge is 2.23. The molecule has 0 radical (unpaired) electrons. The average Bonchev–Trinajstić information content (AvgIpc) is 3.23. The molecule has 3 aromatic rings. The molecule has 0 bridgehead atoms. The molecule has 0 saturated carbocycles. The lowest BCUT2D eigenvalue weighted by Gasteiger charge is -2.28. The minimum Gasteiger partial charge on any atom is -0.368 e. The van der Waals surface area contributed by atoms with E-state index in [1.165, 1.54) is 4.80 Å². The molecule has 0 aliphatic rings. The summed E-state index contributed by atoms with van der Waals surface area (Å²) in [5.74, 6) is 0.542. The van der Waals surface area contributed by atoms with Gasteiger partial charge in [0.15, 0.2) is 0 Å². The summed E-state index contributed by atoms with van der Waals surface area (Å²) in [5.41, 5.74) is 1.02. The van der Waals surface area contributed by atoms with Crippen LogP contribution in [-0.2, 0) is 0 Å². The molecule has 1 N–H and O–H groups in total. The molecule has 146 valence electrons. The summed E-state index contributed by atoms with van der Waals surface area (Å²) in [7, 11) is 1.77. The van der Waals surface area contributed by atoms with Gasteiger partial charge < -0.3 is 10.2 Å². The van der Waals surface area contributed by atoms with Crippen LogP contribution in [0.5, 0.6) is 0 Å². The Hall–Kier alpha value is -2.64. The first kappa shape index (κ1) is 20.1. The lowest BCUT2D eigenvalue weighted by molar-refractivity contribution is 0.0735. The van der Waals surface area contributed by atoms with E-state index in [4.69, 9.17) is 23.2 Å². The Morgan fingerprint density at radius 1 is 1.18 bits per heavy atom. The smallest absolute Gasteiger partial charge is 0.256 e. The van der Waals surface area contributed by atoms with Gasteiger partial charge in [-0.1, -0.05) is 30.1 Å². The zero-order valence-corrected chi connectivity index (χ0v) is 17.0. The lowest BCUT2D eigenvalue weighted by atomic mass is 10.1. The maximum Gasteiger partial charge on any atom is 0.256 e. The normalized spacial score (nSPS) is 11.9. The molecule has 9 heteroatoms. The Morgan fingerprint density at radius 2 is 1.89 bits per heavy atom. The summed E-state index contributed by atoms with van der Waals surface area (Å²) in [6.45, 7) is 2.57. The number of anilines is 1. The van der Waals surface area contributed by atoms with Crippen LogP contribution in [0, 0.1) is 0 Å². The Kier molecular flexibility index (Phi) is 6.49. The number of nitrogens with one attached hydrogen (secondary N) is 1. The van der Waals surface area contributed by atoms with Crippen LogP contribution in [0.15, 0.2) is 48.9 Å². The van der Waals surface area contributed by atoms with Crippen LogP contribution in [0.25, 0.3) is 5.69 Å². The second kappa shape index (κ2) is 9.03. The summed E-state index contributed by atoms with van der Waals surface area (Å²) in [5, 5.41) is 12.5. The molecule has 7 nitrogen and oxygen atoms in total. The van der Waals surface area contributed by atoms with Crippen LogP contribution in [0.2, 0.25) is 10.0 Å². The molecule has 2 aromatic heterocycles. The van der Waals surface area contributed by atoms with Gasteiger partial charge in [-0.2, -0.15) is 15.0 Å². The number of amides is 1. The molecule has 0 aliphatic heterocycles. The van der Waals surface area contributed by atoms with Gasteiger partial charge in [0.1, 0.15) is 5.82 Å². The summed E-state index contributed by atoms with van der Waals surface area (Å²) >= 11 is 12.0. The third-order valence-electron chi connectivity index (χ3n) is 4.41. The fourth-order valence-corrected chi connectivity index (χ4v) is 3.09. The fourth-order valence-electron chi connectivity index (χ4n) is 2.81. The molecule has 1 atom stereocenters. The molecule has 3 rings (SSSR count). The number of hydrogen-bond acceptors (Lipinski definition) is 5. The van der Waals surface area contributed by atoms with E-state index in [-0.39, 0.29) is 11.9 Å². The van der Waals surface area contributed by atoms with Gasteiger partial charge in [0.05, 0.1) is 28.7 Å². The van der Waals surface area contributed by atoms with Crippen LogP contribution in [0.3, 0.4) is 0 Å². The predicted octanol–water partition coefficient (Wildman–Crippen LogP) is 3.93. The van der Waals surface area contributed by atoms with Crippen LogP contribution < -0.4 is 5.32 Å². The highest BCUT2D eigenvalue weighted by atomic mass is 35.5. The summed E-state index contributed by atoms with van der Waals surface area (Å²) < 4.78 is 0. The number of halogens is 2. The van der Waals surface area contributed by atoms with E-state index in [9.17, 15) is 4.79 Å². The van der Waals surface area contributed by atoms with Crippen molar-refractivity contribution in [1.82, 2.24) is 24.9 Å². The second-order valence-electron chi connectivity index (χ2n) is 6.20. The number of hydrogen-bond donors (Lipinski definition) is 1. The maximum absolute atomic E-state index is 13.2. The van der Waals surface area contributed by atoms with Crippen molar-refractivity contribution >= 4 is 34.9 Å². The van der Waals surface area contributed by atoms with Gasteiger partial charge in [-0.25, -0.2) is 4.98 Å². The molecule has 0 aliphatic carbocycles. The van der Waals surface area contributed by atoms with Gasteiger partial charge in [0.25, 0.3) is 5.91 Å². The lowest BCUT2D eigenvalue weighted by Crippen LogP contribution is -2.41. The Bertz CT molecular complexity index is 930. The average molecular weight is 419 g/mol. The predicted molar refractivity (Wildman–Crippen MR) is 110 cm³/mol. The van der Waals surface area contributed by atoms with Gasteiger partial charge in [0.2, 0.25) is 0 Å². The molecule has 0 saturated heterocycles. The van der Waals surface area contributed by atoms with E-state index < -0.39 is 0 Å². The number of rotatable bonds is 7. The first-order chi connectivity index (χ1) is 13.5. The van der Waals surface area contributed by atoms with Crippen molar-refractivity contribution in [1.29, 1.82) is 0 Å². The van der Waals surface area contributed by atoms with E-state index >= 15 is 0 Å². The third kappa shape index (κ3) is 4.61. The quantitative estimate of drug-likeness (QED) is 0.628. The van der Waals surface area contributed by atoms with E-state index in [1.807, 2.05) is 6.92 Å². The minimum atomic E-state index is -0.160. The van der Waals surface area contributed by atoms with Crippen LogP contribution in [0.1, 0.15) is 23.7 Å². The highest BCUT2D eigenvalue weighted by Crippen LogP contribution is 2.21. The Labute approximate surface area is 173 Å². The van der Waals surface area contributed by atoms with Crippen molar-refractivity contribution < 1.29 is 4.79 Å². The Morgan fingerprint density at radius 3 is 2.54 bits per heavy atom. The van der Waals surface area contributed by atoms with Gasteiger partial charge in [-0.15, -0.1) is 0 Å². The number of aromatic nitrogens is 4. The minimum absolute atomic E-state index is 0.0533. The summed E-state index contributed by atoms with van der Waals surface area (Å²) in [6, 6.07) is 8.60. The second-order valence-corrected chi connectivity index (χ2v) is 7.07. The van der Waals surface area contributed by atoms with Crippen molar-refractivity contribution in [2.45, 2.75) is 19.4 Å². The topological polar surface area (TPSA) is 75.9 Å². The zero-order chi connectivity index (χ0) is 20.1. The van der Waals surface area contributed by atoms with Gasteiger partial charge in [-0.05, 0) is 36.8 Å². The molecular formula is C19H20Cl2N6O. The number of nitrogens with zero attached hydrogens (tertiary/aromatic N) is 5. The molecule has 28 heavy (non-hydrogen) atoms. The molecule has 0 spiro atoms. The number of pyridine rings is 1. The van der Waals surface area contributed by atoms with Crippen molar-refractivity contribution in [3.05, 3.63) is 64.5 Å². The van der Waals surface area contributed by atoms with Crippen molar-refractivity contribution in [3.63, 3.8) is 0 Å². The number of carbonyl (C=O) groups is 1. The molecular weight excluding hydrogens is 399 g/mol. The number of likely N-dealkylation sites (N-methyl/N-ethyl adjacent to an activating group) is 1. The van der Waals surface area contributed by atoms with E-state index in [0.29, 0.717) is 33.7 Å². The first-order valence-corrected chi connectivity index (χ1v) is 9.54. The highest BCUT2D eigenvalue weighted by molar-refractivity contribution is 6.31. The van der Waals surface area contributed by atoms with Gasteiger partial charge in [-0.3, -0.25) is 4.79 Å². The molecule has 1 amide bonds. The molecule has 2 heterocycles. The Balaban J connectivity index is 1.78. The summed E-state index contributed by atoms with van der Waals surface area (Å²) in [6.07, 6.45) is 5.46. The van der Waals surface area contributed by atoms with Crippen molar-refractivity contribution in [3.8, 4) is 5.69 Å². The van der Waals surface area contributed by atoms with E-state index in [0.717, 1.165) is 6.42 Å². The first-order valence-electron chi connectivity index (χ1n) is 8.78. The number of benzene rings is 1. The largest absolute Gasteiger partial charge is 0.368 e. The van der Waals surface area contributed by atoms with E-state index in [2.05, 4.69) is 20.5 Å². The van der Waals surface area contributed by atoms with Crippen molar-refractivity contribution in [2.75, 3.05) is 18.9 Å². The van der Waals surface area contributed by atoms with Crippen LogP contribution >= 0.6 is 23.2 Å². The van der Waals surface area contributed by atoms with Crippen molar-refractivity contribution in [2.24, 2.45) is 0 Å².